The molecule has 0 saturated carbocycles. The highest BCUT2D eigenvalue weighted by Gasteiger charge is 2.32. The normalized spacial score (nSPS) is 17.7. The van der Waals surface area contributed by atoms with Crippen LogP contribution in [0.15, 0.2) is 47.6 Å². The molecule has 1 aromatic heterocycles. The monoisotopic (exact) mass is 404 g/mol. The maximum absolute atomic E-state index is 12.6. The maximum Gasteiger partial charge on any atom is 0.293 e. The van der Waals surface area contributed by atoms with Gasteiger partial charge in [-0.25, -0.2) is 13.1 Å². The Morgan fingerprint density at radius 2 is 2.04 bits per heavy atom. The number of sulfonamides is 1. The fraction of sp³-hybridized carbons (Fsp3) is 0.421. The molecule has 1 N–H and O–H groups in total. The number of aromatic nitrogens is 1. The number of nitro benzene ring substituents is 1. The van der Waals surface area contributed by atoms with Gasteiger partial charge in [0.1, 0.15) is 5.69 Å². The van der Waals surface area contributed by atoms with E-state index < -0.39 is 20.5 Å². The Hall–Kier alpha value is -2.52. The van der Waals surface area contributed by atoms with Gasteiger partial charge in [-0.2, -0.15) is 0 Å². The van der Waals surface area contributed by atoms with Crippen molar-refractivity contribution in [2.45, 2.75) is 50.1 Å². The van der Waals surface area contributed by atoms with Crippen molar-refractivity contribution in [2.24, 2.45) is 0 Å². The SMILES string of the molecule is CC(C)(C)NS(=O)(=O)c1ccc(N2CCCC2c2cccnc2)c([N+](=O)[O-])c1. The van der Waals surface area contributed by atoms with Crippen LogP contribution in [0.3, 0.4) is 0 Å². The minimum atomic E-state index is -3.86. The molecule has 28 heavy (non-hydrogen) atoms. The van der Waals surface area contributed by atoms with E-state index in [0.717, 1.165) is 24.5 Å². The van der Waals surface area contributed by atoms with Gasteiger partial charge in [0.2, 0.25) is 10.0 Å². The minimum absolute atomic E-state index is 0.0254. The molecule has 2 aromatic rings. The molecule has 150 valence electrons. The lowest BCUT2D eigenvalue weighted by molar-refractivity contribution is -0.384. The number of rotatable bonds is 5. The Balaban J connectivity index is 2.02. The number of pyridine rings is 1. The van der Waals surface area contributed by atoms with Gasteiger partial charge in [-0.15, -0.1) is 0 Å². The molecule has 1 aliphatic rings. The zero-order chi connectivity index (χ0) is 20.5. The van der Waals surface area contributed by atoms with Gasteiger partial charge < -0.3 is 4.90 Å². The molecule has 0 spiro atoms. The first-order valence-electron chi connectivity index (χ1n) is 9.07. The van der Waals surface area contributed by atoms with Crippen LogP contribution in [0, 0.1) is 10.1 Å². The third-order valence-corrected chi connectivity index (χ3v) is 6.28. The van der Waals surface area contributed by atoms with Crippen molar-refractivity contribution in [2.75, 3.05) is 11.4 Å². The van der Waals surface area contributed by atoms with Gasteiger partial charge in [-0.3, -0.25) is 15.1 Å². The highest BCUT2D eigenvalue weighted by atomic mass is 32.2. The van der Waals surface area contributed by atoms with E-state index in [1.54, 1.807) is 33.2 Å². The minimum Gasteiger partial charge on any atom is -0.359 e. The summed E-state index contributed by atoms with van der Waals surface area (Å²) in [7, 11) is -3.86. The second kappa shape index (κ2) is 7.48. The quantitative estimate of drug-likeness (QED) is 0.605. The highest BCUT2D eigenvalue weighted by molar-refractivity contribution is 7.89. The van der Waals surface area contributed by atoms with E-state index in [0.29, 0.717) is 12.2 Å². The highest BCUT2D eigenvalue weighted by Crippen LogP contribution is 2.41. The Bertz CT molecular complexity index is 971. The zero-order valence-corrected chi connectivity index (χ0v) is 16.9. The van der Waals surface area contributed by atoms with Crippen LogP contribution < -0.4 is 9.62 Å². The second-order valence-electron chi connectivity index (χ2n) is 7.90. The van der Waals surface area contributed by atoms with E-state index in [2.05, 4.69) is 9.71 Å². The van der Waals surface area contributed by atoms with Crippen molar-refractivity contribution >= 4 is 21.4 Å². The van der Waals surface area contributed by atoms with Crippen LogP contribution in [0.1, 0.15) is 45.2 Å². The Morgan fingerprint density at radius 1 is 1.29 bits per heavy atom. The van der Waals surface area contributed by atoms with Gasteiger partial charge in [-0.1, -0.05) is 6.07 Å². The summed E-state index contributed by atoms with van der Waals surface area (Å²) < 4.78 is 27.7. The first kappa shape index (κ1) is 20.2. The lowest BCUT2D eigenvalue weighted by Gasteiger charge is -2.27. The lowest BCUT2D eigenvalue weighted by Crippen LogP contribution is -2.40. The van der Waals surface area contributed by atoms with Crippen LogP contribution in [-0.2, 0) is 10.0 Å². The molecule has 1 aliphatic heterocycles. The molecule has 1 unspecified atom stereocenters. The molecule has 1 fully saturated rings. The van der Waals surface area contributed by atoms with E-state index in [-0.39, 0.29) is 16.6 Å². The standard InChI is InChI=1S/C19H24N4O4S/c1-19(2,3)21-28(26,27)15-8-9-17(18(12-15)23(24)25)22-11-5-7-16(22)14-6-4-10-20-13-14/h4,6,8-10,12-13,16,21H,5,7,11H2,1-3H3. The second-order valence-corrected chi connectivity index (χ2v) is 9.58. The van der Waals surface area contributed by atoms with E-state index >= 15 is 0 Å². The largest absolute Gasteiger partial charge is 0.359 e. The smallest absolute Gasteiger partial charge is 0.293 e. The Labute approximate surface area is 164 Å². The summed E-state index contributed by atoms with van der Waals surface area (Å²) in [5, 5.41) is 11.7. The van der Waals surface area contributed by atoms with E-state index in [9.17, 15) is 18.5 Å². The molecule has 9 heteroatoms. The number of nitrogens with one attached hydrogen (secondary N) is 1. The lowest BCUT2D eigenvalue weighted by atomic mass is 10.1. The van der Waals surface area contributed by atoms with Gasteiger partial charge in [0.05, 0.1) is 15.9 Å². The average Bonchev–Trinajstić information content (AvgIpc) is 3.09. The number of hydrogen-bond donors (Lipinski definition) is 1. The van der Waals surface area contributed by atoms with Crippen molar-refractivity contribution in [1.29, 1.82) is 0 Å². The van der Waals surface area contributed by atoms with Gasteiger partial charge in [0.15, 0.2) is 0 Å². The van der Waals surface area contributed by atoms with Gasteiger partial charge in [0.25, 0.3) is 5.69 Å². The molecule has 3 rings (SSSR count). The van der Waals surface area contributed by atoms with Crippen molar-refractivity contribution in [3.63, 3.8) is 0 Å². The summed E-state index contributed by atoms with van der Waals surface area (Å²) >= 11 is 0. The van der Waals surface area contributed by atoms with E-state index in [1.807, 2.05) is 17.0 Å². The summed E-state index contributed by atoms with van der Waals surface area (Å²) in [5.74, 6) is 0. The molecule has 0 radical (unpaired) electrons. The third-order valence-electron chi connectivity index (χ3n) is 4.53. The number of benzene rings is 1. The van der Waals surface area contributed by atoms with Crippen LogP contribution in [-0.4, -0.2) is 30.4 Å². The van der Waals surface area contributed by atoms with Crippen molar-refractivity contribution in [1.82, 2.24) is 9.71 Å². The fourth-order valence-corrected chi connectivity index (χ4v) is 4.93. The summed E-state index contributed by atoms with van der Waals surface area (Å²) in [4.78, 5) is 17.2. The van der Waals surface area contributed by atoms with E-state index in [4.69, 9.17) is 0 Å². The predicted octanol–water partition coefficient (Wildman–Crippen LogP) is 3.41. The van der Waals surface area contributed by atoms with E-state index in [1.165, 1.54) is 12.1 Å². The molecule has 0 amide bonds. The first-order valence-corrected chi connectivity index (χ1v) is 10.6. The molecule has 1 aromatic carbocycles. The molecular weight excluding hydrogens is 380 g/mol. The van der Waals surface area contributed by atoms with Crippen LogP contribution >= 0.6 is 0 Å². The zero-order valence-electron chi connectivity index (χ0n) is 16.1. The average molecular weight is 404 g/mol. The summed E-state index contributed by atoms with van der Waals surface area (Å²) in [6.45, 7) is 5.81. The van der Waals surface area contributed by atoms with Crippen LogP contribution in [0.5, 0.6) is 0 Å². The number of nitro groups is 1. The topological polar surface area (TPSA) is 105 Å². The van der Waals surface area contributed by atoms with Gasteiger partial charge >= 0.3 is 0 Å². The molecular formula is C19H24N4O4S. The van der Waals surface area contributed by atoms with Crippen molar-refractivity contribution in [3.05, 3.63) is 58.4 Å². The molecule has 2 heterocycles. The van der Waals surface area contributed by atoms with Crippen molar-refractivity contribution in [3.8, 4) is 0 Å². The fourth-order valence-electron chi connectivity index (χ4n) is 3.50. The van der Waals surface area contributed by atoms with Crippen LogP contribution in [0.25, 0.3) is 0 Å². The molecule has 0 bridgehead atoms. The Morgan fingerprint density at radius 3 is 2.64 bits per heavy atom. The molecule has 1 saturated heterocycles. The van der Waals surface area contributed by atoms with Gasteiger partial charge in [-0.05, 0) is 57.4 Å². The van der Waals surface area contributed by atoms with Crippen molar-refractivity contribution < 1.29 is 13.3 Å². The molecule has 1 atom stereocenters. The third kappa shape index (κ3) is 4.31. The number of nitrogens with zero attached hydrogens (tertiary/aromatic N) is 3. The molecule has 8 nitrogen and oxygen atoms in total. The Kier molecular flexibility index (Phi) is 5.40. The van der Waals surface area contributed by atoms with Gasteiger partial charge in [0, 0.05) is 30.5 Å². The maximum atomic E-state index is 12.6. The summed E-state index contributed by atoms with van der Waals surface area (Å²) in [6, 6.07) is 7.87. The first-order chi connectivity index (χ1) is 13.1. The van der Waals surface area contributed by atoms with Crippen LogP contribution in [0.4, 0.5) is 11.4 Å². The molecule has 0 aliphatic carbocycles. The summed E-state index contributed by atoms with van der Waals surface area (Å²) in [6.07, 6.45) is 5.20. The predicted molar refractivity (Wildman–Crippen MR) is 107 cm³/mol. The van der Waals surface area contributed by atoms with Crippen LogP contribution in [0.2, 0.25) is 0 Å². The number of hydrogen-bond acceptors (Lipinski definition) is 6. The number of anilines is 1. The summed E-state index contributed by atoms with van der Waals surface area (Å²) in [5.41, 5.74) is 0.506.